The number of amides is 1. The van der Waals surface area contributed by atoms with Crippen molar-refractivity contribution in [3.63, 3.8) is 0 Å². The Kier molecular flexibility index (Phi) is 59.0. The van der Waals surface area contributed by atoms with E-state index in [2.05, 4.69) is 43.5 Å². The molecule has 3 fully saturated rings. The Morgan fingerprint density at radius 3 is 0.980 bits per heavy atom. The van der Waals surface area contributed by atoms with E-state index in [1.54, 1.807) is 6.08 Å². The summed E-state index contributed by atoms with van der Waals surface area (Å²) in [5.74, 6) is -0.283. The van der Waals surface area contributed by atoms with Gasteiger partial charge in [0, 0.05) is 6.42 Å². The quantitative estimate of drug-likeness (QED) is 0.0199. The number of hydrogen-bond donors (Lipinski definition) is 12. The second-order valence-electron chi connectivity index (χ2n) is 30.3. The zero-order valence-corrected chi connectivity index (χ0v) is 64.4. The fourth-order valence-corrected chi connectivity index (χ4v) is 14.4. The molecule has 17 atom stereocenters. The molecule has 19 nitrogen and oxygen atoms in total. The lowest BCUT2D eigenvalue weighted by Gasteiger charge is -2.48. The van der Waals surface area contributed by atoms with Gasteiger partial charge in [0.15, 0.2) is 18.9 Å². The van der Waals surface area contributed by atoms with Gasteiger partial charge in [-0.25, -0.2) is 0 Å². The number of aliphatic hydroxyl groups is 11. The predicted octanol–water partition coefficient (Wildman–Crippen LogP) is 14.7. The summed E-state index contributed by atoms with van der Waals surface area (Å²) in [6.07, 6.45) is 53.2. The van der Waals surface area contributed by atoms with Crippen molar-refractivity contribution in [3.8, 4) is 0 Å². The maximum atomic E-state index is 13.5. The largest absolute Gasteiger partial charge is 0.394 e. The van der Waals surface area contributed by atoms with E-state index in [1.165, 1.54) is 276 Å². The summed E-state index contributed by atoms with van der Waals surface area (Å²) in [6.45, 7) is 1.75. The van der Waals surface area contributed by atoms with Gasteiger partial charge in [0.2, 0.25) is 5.91 Å². The van der Waals surface area contributed by atoms with Crippen molar-refractivity contribution in [2.24, 2.45) is 0 Å². The monoisotopic (exact) mass is 1450 g/mol. The van der Waals surface area contributed by atoms with Gasteiger partial charge in [-0.05, 0) is 44.9 Å². The van der Waals surface area contributed by atoms with Crippen molar-refractivity contribution in [3.05, 3.63) is 36.5 Å². The van der Waals surface area contributed by atoms with Gasteiger partial charge in [-0.3, -0.25) is 4.79 Å². The molecular weight excluding hydrogens is 1300 g/mol. The number of allylic oxidation sites excluding steroid dienone is 5. The second kappa shape index (κ2) is 63.9. The molecule has 3 aliphatic heterocycles. The van der Waals surface area contributed by atoms with E-state index in [1.807, 2.05) is 6.08 Å². The molecule has 0 aromatic heterocycles. The van der Waals surface area contributed by atoms with Crippen LogP contribution in [0.4, 0.5) is 0 Å². The normalized spacial score (nSPS) is 26.3. The van der Waals surface area contributed by atoms with E-state index in [-0.39, 0.29) is 18.9 Å². The highest BCUT2D eigenvalue weighted by Gasteiger charge is 2.54. The minimum Gasteiger partial charge on any atom is -0.394 e. The zero-order chi connectivity index (χ0) is 73.9. The molecule has 12 N–H and O–H groups in total. The summed E-state index contributed by atoms with van der Waals surface area (Å²) < 4.78 is 34.4. The highest BCUT2D eigenvalue weighted by atomic mass is 16.8. The second-order valence-corrected chi connectivity index (χ2v) is 30.3. The lowest BCUT2D eigenvalue weighted by molar-refractivity contribution is -0.379. The number of unbranched alkanes of at least 4 members (excludes halogenated alkanes) is 48. The molecule has 3 heterocycles. The van der Waals surface area contributed by atoms with Gasteiger partial charge in [0.1, 0.15) is 73.2 Å². The molecule has 0 aromatic carbocycles. The van der Waals surface area contributed by atoms with Gasteiger partial charge in [0.25, 0.3) is 0 Å². The first kappa shape index (κ1) is 94.2. The number of carbonyl (C=O) groups is 1. The van der Waals surface area contributed by atoms with E-state index >= 15 is 0 Å². The minimum atomic E-state index is -1.98. The molecule has 3 rings (SSSR count). The molecule has 0 aromatic rings. The van der Waals surface area contributed by atoms with Crippen LogP contribution in [0.5, 0.6) is 0 Å². The van der Waals surface area contributed by atoms with Crippen LogP contribution < -0.4 is 5.32 Å². The van der Waals surface area contributed by atoms with E-state index in [4.69, 9.17) is 28.4 Å². The Labute approximate surface area is 619 Å². The first-order valence-corrected chi connectivity index (χ1v) is 42.2. The SMILES string of the molecule is CCCCCCCCCC/C=C/CC/C=C/CC/C=C/C(O)C(COC1OC(CO)C(OC2OC(CO)C(OC3OC(CO)C(O)C(O)C3O)C(O)C2O)C(O)C1O)NC(=O)CCCCCCCCCCCCCCCCCCCCCCCCCCCCCCCCCCCCCCCCC. The molecule has 0 bridgehead atoms. The van der Waals surface area contributed by atoms with Crippen LogP contribution in [0.2, 0.25) is 0 Å². The molecule has 3 aliphatic rings. The van der Waals surface area contributed by atoms with Crippen molar-refractivity contribution in [1.82, 2.24) is 5.32 Å². The van der Waals surface area contributed by atoms with Gasteiger partial charge < -0.3 is 89.9 Å². The first-order chi connectivity index (χ1) is 49.8. The van der Waals surface area contributed by atoms with Gasteiger partial charge in [-0.2, -0.15) is 0 Å². The summed E-state index contributed by atoms with van der Waals surface area (Å²) in [6, 6.07) is -0.995. The molecule has 0 spiro atoms. The molecule has 102 heavy (non-hydrogen) atoms. The number of rotatable bonds is 68. The molecule has 17 unspecified atom stereocenters. The smallest absolute Gasteiger partial charge is 0.220 e. The molecule has 3 saturated heterocycles. The summed E-state index contributed by atoms with van der Waals surface area (Å²) >= 11 is 0. The van der Waals surface area contributed by atoms with Crippen LogP contribution in [-0.2, 0) is 33.2 Å². The highest BCUT2D eigenvalue weighted by Crippen LogP contribution is 2.33. The Balaban J connectivity index is 1.30. The Hall–Kier alpha value is -1.99. The molecule has 0 aliphatic carbocycles. The Morgan fingerprint density at radius 2 is 0.627 bits per heavy atom. The first-order valence-electron chi connectivity index (χ1n) is 42.2. The third-order valence-corrected chi connectivity index (χ3v) is 21.2. The molecule has 1 amide bonds. The average molecular weight is 1460 g/mol. The van der Waals surface area contributed by atoms with Crippen LogP contribution >= 0.6 is 0 Å². The van der Waals surface area contributed by atoms with Crippen LogP contribution in [0, 0.1) is 0 Å². The summed E-state index contributed by atoms with van der Waals surface area (Å²) in [7, 11) is 0. The van der Waals surface area contributed by atoms with Crippen molar-refractivity contribution in [2.75, 3.05) is 26.4 Å². The van der Waals surface area contributed by atoms with Crippen LogP contribution in [0.15, 0.2) is 36.5 Å². The van der Waals surface area contributed by atoms with Crippen molar-refractivity contribution >= 4 is 5.91 Å². The molecule has 19 heteroatoms. The van der Waals surface area contributed by atoms with Crippen LogP contribution in [-0.4, -0.2) is 193 Å². The van der Waals surface area contributed by atoms with Gasteiger partial charge >= 0.3 is 0 Å². The number of nitrogens with one attached hydrogen (secondary N) is 1. The lowest BCUT2D eigenvalue weighted by atomic mass is 9.96. The number of hydrogen-bond acceptors (Lipinski definition) is 18. The fourth-order valence-electron chi connectivity index (χ4n) is 14.4. The summed E-state index contributed by atoms with van der Waals surface area (Å²) in [5.41, 5.74) is 0. The highest BCUT2D eigenvalue weighted by molar-refractivity contribution is 5.76. The molecule has 0 saturated carbocycles. The lowest BCUT2D eigenvalue weighted by Crippen LogP contribution is -2.66. The van der Waals surface area contributed by atoms with E-state index in [0.717, 1.165) is 44.9 Å². The minimum absolute atomic E-state index is 0.236. The third kappa shape index (κ3) is 43.3. The summed E-state index contributed by atoms with van der Waals surface area (Å²) in [5, 5.41) is 121. The topological polar surface area (TPSA) is 307 Å². The van der Waals surface area contributed by atoms with E-state index in [9.17, 15) is 61.0 Å². The molecular formula is C83H155NO18. The Bertz CT molecular complexity index is 1980. The number of aliphatic hydroxyl groups excluding tert-OH is 11. The van der Waals surface area contributed by atoms with Crippen LogP contribution in [0.25, 0.3) is 0 Å². The molecule has 0 radical (unpaired) electrons. The standard InChI is InChI=1S/C83H155NO18/c1-3-5-7-9-11-13-15-17-19-21-23-24-25-26-27-28-29-30-31-32-33-34-35-36-37-38-39-40-41-42-43-45-47-49-51-53-55-57-59-61-71(89)84-66(67(88)60-58-56-54-52-50-48-46-44-22-20-18-16-14-12-10-8-6-4-2)65-97-81-77(95)74(92)79(69(63-86)99-81)102-83-78(96)75(93)80(70(64-87)100-83)101-82-76(94)73(91)72(90)68(62-85)98-82/h22,44,50,52,58,60,66-70,72-83,85-88,90-96H,3-21,23-43,45-49,51,53-57,59,61-65H2,1-2H3,(H,84,89)/b44-22+,52-50+,60-58+. The van der Waals surface area contributed by atoms with Crippen molar-refractivity contribution < 1.29 is 89.4 Å². The Morgan fingerprint density at radius 1 is 0.343 bits per heavy atom. The van der Waals surface area contributed by atoms with E-state index < -0.39 is 124 Å². The van der Waals surface area contributed by atoms with E-state index in [0.29, 0.717) is 12.8 Å². The van der Waals surface area contributed by atoms with Gasteiger partial charge in [0.05, 0.1) is 38.6 Å². The number of carbonyl (C=O) groups excluding carboxylic acids is 1. The van der Waals surface area contributed by atoms with Gasteiger partial charge in [-0.1, -0.05) is 339 Å². The van der Waals surface area contributed by atoms with Crippen LogP contribution in [0.3, 0.4) is 0 Å². The maximum absolute atomic E-state index is 13.5. The average Bonchev–Trinajstić information content (AvgIpc) is 0.779. The third-order valence-electron chi connectivity index (χ3n) is 21.2. The van der Waals surface area contributed by atoms with Crippen molar-refractivity contribution in [2.45, 2.75) is 458 Å². The predicted molar refractivity (Wildman–Crippen MR) is 406 cm³/mol. The van der Waals surface area contributed by atoms with Gasteiger partial charge in [-0.15, -0.1) is 0 Å². The summed E-state index contributed by atoms with van der Waals surface area (Å²) in [4.78, 5) is 13.5. The molecule has 600 valence electrons. The van der Waals surface area contributed by atoms with Crippen LogP contribution in [0.1, 0.15) is 354 Å². The number of ether oxygens (including phenoxy) is 6. The zero-order valence-electron chi connectivity index (χ0n) is 64.4. The van der Waals surface area contributed by atoms with Crippen molar-refractivity contribution in [1.29, 1.82) is 0 Å². The maximum Gasteiger partial charge on any atom is 0.220 e. The fraction of sp³-hybridized carbons (Fsp3) is 0.916.